The number of hydrogen-bond acceptors (Lipinski definition) is 7. The topological polar surface area (TPSA) is 93.6 Å². The van der Waals surface area contributed by atoms with E-state index < -0.39 is 11.1 Å². The Labute approximate surface area is 290 Å². The minimum atomic E-state index is -0.784. The maximum absolute atomic E-state index is 14.2. The number of benzene rings is 2. The second-order valence-corrected chi connectivity index (χ2v) is 14.9. The summed E-state index contributed by atoms with van der Waals surface area (Å²) < 4.78 is 19.1. The molecular weight excluding hydrogens is 620 g/mol. The molecule has 5 rings (SSSR count). The van der Waals surface area contributed by atoms with E-state index in [1.165, 1.54) is 5.56 Å². The van der Waals surface area contributed by atoms with E-state index in [-0.39, 0.29) is 23.6 Å². The molecule has 0 spiro atoms. The van der Waals surface area contributed by atoms with Gasteiger partial charge in [0.15, 0.2) is 0 Å². The van der Waals surface area contributed by atoms with Crippen LogP contribution in [0.25, 0.3) is 11.1 Å². The highest BCUT2D eigenvalue weighted by Gasteiger charge is 2.43. The van der Waals surface area contributed by atoms with Gasteiger partial charge in [0.05, 0.1) is 31.4 Å². The Bertz CT molecular complexity index is 1800. The SMILES string of the molecule is COc1cc(-c2cn(C)c(=O)c(C)c2C)cc(OC)c1CN1CCN(Cc2cccc3c2CCN(C(=O)OC(C)(C)C)C3C)C(=O)C1(C)C. The number of rotatable bonds is 7. The standard InChI is InChI=1S/C39H52N4O6/c1-24-25(2)35(44)40(9)22-31(24)28-19-33(47-10)32(34(20-28)48-11)23-42-18-17-41(36(45)39(42,7)8)21-27-13-12-14-29-26(3)43(16-15-30(27)29)37(46)49-38(4,5)6/h12-14,19-20,22,26H,15-18,21,23H2,1-11H3. The van der Waals surface area contributed by atoms with Gasteiger partial charge in [-0.25, -0.2) is 4.79 Å². The molecule has 0 radical (unpaired) electrons. The van der Waals surface area contributed by atoms with Gasteiger partial charge < -0.3 is 28.6 Å². The van der Waals surface area contributed by atoms with Gasteiger partial charge in [-0.3, -0.25) is 14.5 Å². The van der Waals surface area contributed by atoms with Crippen molar-refractivity contribution in [3.8, 4) is 22.6 Å². The number of amides is 2. The molecule has 49 heavy (non-hydrogen) atoms. The molecule has 1 aromatic heterocycles. The summed E-state index contributed by atoms with van der Waals surface area (Å²) in [6.45, 7) is 18.2. The van der Waals surface area contributed by atoms with Gasteiger partial charge in [0, 0.05) is 57.1 Å². The minimum Gasteiger partial charge on any atom is -0.496 e. The Morgan fingerprint density at radius 2 is 1.61 bits per heavy atom. The lowest BCUT2D eigenvalue weighted by molar-refractivity contribution is -0.150. The van der Waals surface area contributed by atoms with Crippen molar-refractivity contribution < 1.29 is 23.8 Å². The molecule has 2 aliphatic rings. The van der Waals surface area contributed by atoms with E-state index in [9.17, 15) is 14.4 Å². The Hall–Kier alpha value is -4.31. The van der Waals surface area contributed by atoms with E-state index in [0.717, 1.165) is 33.4 Å². The third-order valence-corrected chi connectivity index (χ3v) is 10.3. The summed E-state index contributed by atoms with van der Waals surface area (Å²) in [6, 6.07) is 10.1. The fourth-order valence-electron chi connectivity index (χ4n) is 7.19. The number of carbonyl (C=O) groups is 2. The molecule has 1 saturated heterocycles. The van der Waals surface area contributed by atoms with Crippen LogP contribution in [0.2, 0.25) is 0 Å². The van der Waals surface area contributed by atoms with Gasteiger partial charge in [0.25, 0.3) is 5.56 Å². The van der Waals surface area contributed by atoms with E-state index in [2.05, 4.69) is 17.0 Å². The highest BCUT2D eigenvalue weighted by molar-refractivity contribution is 5.86. The second-order valence-electron chi connectivity index (χ2n) is 14.9. The summed E-state index contributed by atoms with van der Waals surface area (Å²) >= 11 is 0. The van der Waals surface area contributed by atoms with Crippen LogP contribution in [0.3, 0.4) is 0 Å². The number of pyridine rings is 1. The van der Waals surface area contributed by atoms with Crippen molar-refractivity contribution in [2.45, 2.75) is 92.1 Å². The van der Waals surface area contributed by atoms with Gasteiger partial charge in [-0.2, -0.15) is 0 Å². The van der Waals surface area contributed by atoms with Crippen molar-refractivity contribution in [1.29, 1.82) is 0 Å². The molecule has 1 fully saturated rings. The molecule has 2 amide bonds. The molecular formula is C39H52N4O6. The molecule has 10 nitrogen and oxygen atoms in total. The van der Waals surface area contributed by atoms with Crippen LogP contribution >= 0.6 is 0 Å². The van der Waals surface area contributed by atoms with Gasteiger partial charge in [-0.15, -0.1) is 0 Å². The first kappa shape index (κ1) is 36.0. The number of carbonyl (C=O) groups excluding carboxylic acids is 2. The summed E-state index contributed by atoms with van der Waals surface area (Å²) in [7, 11) is 5.04. The molecule has 3 heterocycles. The number of methoxy groups -OCH3 is 2. The van der Waals surface area contributed by atoms with Gasteiger partial charge >= 0.3 is 6.09 Å². The van der Waals surface area contributed by atoms with E-state index in [1.807, 2.05) is 84.7 Å². The van der Waals surface area contributed by atoms with Crippen LogP contribution in [0.4, 0.5) is 4.79 Å². The van der Waals surface area contributed by atoms with Crippen molar-refractivity contribution >= 4 is 12.0 Å². The van der Waals surface area contributed by atoms with Gasteiger partial charge in [0.2, 0.25) is 5.91 Å². The molecule has 0 aliphatic carbocycles. The largest absolute Gasteiger partial charge is 0.496 e. The number of hydrogen-bond donors (Lipinski definition) is 0. The predicted octanol–water partition coefficient (Wildman–Crippen LogP) is 6.16. The van der Waals surface area contributed by atoms with E-state index in [4.69, 9.17) is 14.2 Å². The van der Waals surface area contributed by atoms with Crippen LogP contribution < -0.4 is 15.0 Å². The van der Waals surface area contributed by atoms with Crippen LogP contribution in [0.5, 0.6) is 11.5 Å². The van der Waals surface area contributed by atoms with Crippen molar-refractivity contribution in [3.63, 3.8) is 0 Å². The Morgan fingerprint density at radius 3 is 2.22 bits per heavy atom. The molecule has 264 valence electrons. The fourth-order valence-corrected chi connectivity index (χ4v) is 7.19. The molecule has 0 saturated carbocycles. The van der Waals surface area contributed by atoms with E-state index in [0.29, 0.717) is 56.2 Å². The Balaban J connectivity index is 1.36. The van der Waals surface area contributed by atoms with Crippen molar-refractivity contribution in [2.75, 3.05) is 33.9 Å². The average Bonchev–Trinajstić information content (AvgIpc) is 3.04. The van der Waals surface area contributed by atoms with Crippen molar-refractivity contribution in [1.82, 2.24) is 19.3 Å². The number of aromatic nitrogens is 1. The number of fused-ring (bicyclic) bond motifs is 1. The molecule has 2 aliphatic heterocycles. The Kier molecular flexibility index (Phi) is 9.94. The molecule has 3 aromatic rings. The third kappa shape index (κ3) is 6.93. The quantitative estimate of drug-likeness (QED) is 0.297. The molecule has 2 aromatic carbocycles. The fraction of sp³-hybridized carbons (Fsp3) is 0.513. The minimum absolute atomic E-state index is 0.0191. The van der Waals surface area contributed by atoms with Crippen LogP contribution in [-0.2, 0) is 36.1 Å². The molecule has 1 atom stereocenters. The highest BCUT2D eigenvalue weighted by atomic mass is 16.6. The van der Waals surface area contributed by atoms with Gasteiger partial charge in [-0.05, 0) is 102 Å². The number of nitrogens with zero attached hydrogens (tertiary/aromatic N) is 4. The van der Waals surface area contributed by atoms with Crippen LogP contribution in [-0.4, -0.2) is 76.3 Å². The summed E-state index contributed by atoms with van der Waals surface area (Å²) in [5.41, 5.74) is 6.37. The molecule has 10 heteroatoms. The Morgan fingerprint density at radius 1 is 0.959 bits per heavy atom. The predicted molar refractivity (Wildman–Crippen MR) is 191 cm³/mol. The van der Waals surface area contributed by atoms with Crippen molar-refractivity contribution in [3.05, 3.63) is 80.3 Å². The van der Waals surface area contributed by atoms with Crippen LogP contribution in [0.15, 0.2) is 41.3 Å². The van der Waals surface area contributed by atoms with Crippen molar-refractivity contribution in [2.24, 2.45) is 7.05 Å². The lowest BCUT2D eigenvalue weighted by Crippen LogP contribution is -2.62. The molecule has 0 N–H and O–H groups in total. The summed E-state index contributed by atoms with van der Waals surface area (Å²) in [5, 5.41) is 0. The first-order valence-corrected chi connectivity index (χ1v) is 17.0. The number of aryl methyl sites for hydroxylation is 1. The van der Waals surface area contributed by atoms with E-state index >= 15 is 0 Å². The lowest BCUT2D eigenvalue weighted by atomic mass is 9.89. The average molecular weight is 673 g/mol. The zero-order valence-corrected chi connectivity index (χ0v) is 31.0. The lowest BCUT2D eigenvalue weighted by Gasteiger charge is -2.46. The van der Waals surface area contributed by atoms with Gasteiger partial charge in [0.1, 0.15) is 17.1 Å². The smallest absolute Gasteiger partial charge is 0.410 e. The number of piperazine rings is 1. The maximum atomic E-state index is 14.2. The zero-order valence-electron chi connectivity index (χ0n) is 31.0. The summed E-state index contributed by atoms with van der Waals surface area (Å²) in [5.74, 6) is 1.38. The highest BCUT2D eigenvalue weighted by Crippen LogP contribution is 2.39. The third-order valence-electron chi connectivity index (χ3n) is 10.3. The monoisotopic (exact) mass is 672 g/mol. The normalized spacial score (nSPS) is 17.9. The summed E-state index contributed by atoms with van der Waals surface area (Å²) in [6.07, 6.45) is 2.26. The summed E-state index contributed by atoms with van der Waals surface area (Å²) in [4.78, 5) is 45.6. The first-order chi connectivity index (χ1) is 23.0. The van der Waals surface area contributed by atoms with Gasteiger partial charge in [-0.1, -0.05) is 18.2 Å². The first-order valence-electron chi connectivity index (χ1n) is 17.0. The molecule has 0 bridgehead atoms. The zero-order chi connectivity index (χ0) is 36.0. The maximum Gasteiger partial charge on any atom is 0.410 e. The molecule has 1 unspecified atom stereocenters. The van der Waals surface area contributed by atoms with Crippen LogP contribution in [0, 0.1) is 13.8 Å². The van der Waals surface area contributed by atoms with Crippen LogP contribution in [0.1, 0.15) is 81.0 Å². The van der Waals surface area contributed by atoms with E-state index in [1.54, 1.807) is 30.7 Å². The number of ether oxygens (including phenoxy) is 3. The second kappa shape index (κ2) is 13.5.